The van der Waals surface area contributed by atoms with Gasteiger partial charge in [0.1, 0.15) is 5.78 Å². The highest BCUT2D eigenvalue weighted by Crippen LogP contribution is 2.38. The van der Waals surface area contributed by atoms with Crippen molar-refractivity contribution in [2.24, 2.45) is 11.8 Å². The Labute approximate surface area is 121 Å². The Morgan fingerprint density at radius 1 is 1.20 bits per heavy atom. The van der Waals surface area contributed by atoms with Gasteiger partial charge in [0, 0.05) is 40.3 Å². The Morgan fingerprint density at radius 3 is 2.45 bits per heavy atom. The number of Topliss-reactive ketones (excluding diaryl/α,β-unsaturated/α-hetero) is 1. The first kappa shape index (κ1) is 15.9. The van der Waals surface area contributed by atoms with Gasteiger partial charge < -0.3 is 19.5 Å². The van der Waals surface area contributed by atoms with Crippen molar-refractivity contribution in [2.45, 2.75) is 44.5 Å². The molecule has 0 amide bonds. The molecule has 2 rings (SSSR count). The van der Waals surface area contributed by atoms with Crippen LogP contribution in [0.2, 0.25) is 0 Å². The van der Waals surface area contributed by atoms with Crippen molar-refractivity contribution in [3.05, 3.63) is 0 Å². The van der Waals surface area contributed by atoms with E-state index in [2.05, 4.69) is 4.90 Å². The standard InChI is InChI=1S/C15H27NO4/c1-10(17)4-5-16-8-11-6-14(19-2)15(20-3)7-12(11)13(18)9-16/h11-15,18H,4-9H2,1-3H3/t11?,12?,13-,14?,15?/m0/s1. The minimum Gasteiger partial charge on any atom is -0.391 e. The van der Waals surface area contributed by atoms with Crippen LogP contribution in [0.25, 0.3) is 0 Å². The number of carbonyl (C=O) groups excluding carboxylic acids is 1. The number of ketones is 1. The normalized spacial score (nSPS) is 38.5. The molecule has 0 aromatic heterocycles. The quantitative estimate of drug-likeness (QED) is 0.806. The number of hydrogen-bond donors (Lipinski definition) is 1. The first-order chi connectivity index (χ1) is 9.55. The monoisotopic (exact) mass is 285 g/mol. The number of rotatable bonds is 5. The van der Waals surface area contributed by atoms with Crippen LogP contribution < -0.4 is 0 Å². The average Bonchev–Trinajstić information content (AvgIpc) is 2.43. The Balaban J connectivity index is 1.96. The second-order valence-electron chi connectivity index (χ2n) is 6.22. The zero-order valence-electron chi connectivity index (χ0n) is 12.7. The van der Waals surface area contributed by atoms with E-state index >= 15 is 0 Å². The summed E-state index contributed by atoms with van der Waals surface area (Å²) in [5, 5.41) is 10.4. The number of aliphatic hydroxyl groups excluding tert-OH is 1. The van der Waals surface area contributed by atoms with Crippen LogP contribution in [0, 0.1) is 11.8 Å². The SMILES string of the molecule is COC1CC2CN(CCC(C)=O)C[C@H](O)C2CC1OC. The molecule has 0 aromatic rings. The number of hydrogen-bond acceptors (Lipinski definition) is 5. The highest BCUT2D eigenvalue weighted by molar-refractivity contribution is 5.75. The van der Waals surface area contributed by atoms with Crippen LogP contribution in [-0.2, 0) is 14.3 Å². The molecule has 1 aliphatic carbocycles. The zero-order chi connectivity index (χ0) is 14.7. The highest BCUT2D eigenvalue weighted by atomic mass is 16.5. The number of nitrogens with zero attached hydrogens (tertiary/aromatic N) is 1. The topological polar surface area (TPSA) is 59.0 Å². The lowest BCUT2D eigenvalue weighted by Gasteiger charge is -2.48. The molecule has 5 nitrogen and oxygen atoms in total. The van der Waals surface area contributed by atoms with E-state index in [4.69, 9.17) is 9.47 Å². The van der Waals surface area contributed by atoms with Gasteiger partial charge in [-0.2, -0.15) is 0 Å². The molecule has 0 bridgehead atoms. The molecule has 2 fully saturated rings. The molecule has 0 radical (unpaired) electrons. The van der Waals surface area contributed by atoms with Gasteiger partial charge in [-0.15, -0.1) is 0 Å². The molecule has 1 saturated carbocycles. The fourth-order valence-electron chi connectivity index (χ4n) is 3.72. The summed E-state index contributed by atoms with van der Waals surface area (Å²) in [5.41, 5.74) is 0. The third-order valence-corrected chi connectivity index (χ3v) is 4.88. The van der Waals surface area contributed by atoms with Crippen LogP contribution in [0.15, 0.2) is 0 Å². The number of likely N-dealkylation sites (tertiary alicyclic amines) is 1. The number of β-amino-alcohol motifs (C(OH)–C–C–N with tert-alkyl or cyclic N) is 1. The average molecular weight is 285 g/mol. The Morgan fingerprint density at radius 2 is 1.85 bits per heavy atom. The van der Waals surface area contributed by atoms with Gasteiger partial charge in [-0.25, -0.2) is 0 Å². The first-order valence-corrected chi connectivity index (χ1v) is 7.50. The van der Waals surface area contributed by atoms with Crippen LogP contribution in [0.5, 0.6) is 0 Å². The number of aliphatic hydroxyl groups is 1. The molecule has 1 N–H and O–H groups in total. The smallest absolute Gasteiger partial charge is 0.131 e. The minimum atomic E-state index is -0.323. The van der Waals surface area contributed by atoms with Gasteiger partial charge in [-0.05, 0) is 31.6 Å². The second kappa shape index (κ2) is 6.98. The van der Waals surface area contributed by atoms with Crippen molar-refractivity contribution in [1.82, 2.24) is 4.90 Å². The van der Waals surface area contributed by atoms with E-state index in [9.17, 15) is 9.90 Å². The fourth-order valence-corrected chi connectivity index (χ4v) is 3.72. The van der Waals surface area contributed by atoms with E-state index in [0.29, 0.717) is 24.8 Å². The van der Waals surface area contributed by atoms with E-state index in [0.717, 1.165) is 25.9 Å². The fraction of sp³-hybridized carbons (Fsp3) is 0.933. The molecule has 4 unspecified atom stereocenters. The molecule has 1 aliphatic heterocycles. The van der Waals surface area contributed by atoms with E-state index in [-0.39, 0.29) is 24.1 Å². The van der Waals surface area contributed by atoms with Crippen LogP contribution in [0.3, 0.4) is 0 Å². The molecular weight excluding hydrogens is 258 g/mol. The van der Waals surface area contributed by atoms with Crippen LogP contribution in [-0.4, -0.2) is 68.0 Å². The second-order valence-corrected chi connectivity index (χ2v) is 6.22. The number of piperidine rings is 1. The molecule has 1 heterocycles. The highest BCUT2D eigenvalue weighted by Gasteiger charge is 2.44. The minimum absolute atomic E-state index is 0.0830. The van der Waals surface area contributed by atoms with Crippen molar-refractivity contribution in [3.8, 4) is 0 Å². The molecule has 2 aliphatic rings. The molecule has 1 saturated heterocycles. The predicted octanol–water partition coefficient (Wildman–Crippen LogP) is 0.698. The van der Waals surface area contributed by atoms with Crippen molar-refractivity contribution < 1.29 is 19.4 Å². The summed E-state index contributed by atoms with van der Waals surface area (Å²) in [6.45, 7) is 3.99. The van der Waals surface area contributed by atoms with Gasteiger partial charge in [0.15, 0.2) is 0 Å². The summed E-state index contributed by atoms with van der Waals surface area (Å²) >= 11 is 0. The van der Waals surface area contributed by atoms with E-state index in [1.165, 1.54) is 0 Å². The molecule has 0 spiro atoms. The molecular formula is C15H27NO4. The Bertz CT molecular complexity index is 336. The Hall–Kier alpha value is -0.490. The van der Waals surface area contributed by atoms with Gasteiger partial charge >= 0.3 is 0 Å². The summed E-state index contributed by atoms with van der Waals surface area (Å²) in [6.07, 6.45) is 2.23. The van der Waals surface area contributed by atoms with E-state index in [1.807, 2.05) is 0 Å². The number of fused-ring (bicyclic) bond motifs is 1. The number of ether oxygens (including phenoxy) is 2. The third kappa shape index (κ3) is 3.58. The van der Waals surface area contributed by atoms with Gasteiger partial charge in [-0.1, -0.05) is 0 Å². The van der Waals surface area contributed by atoms with Gasteiger partial charge in [-0.3, -0.25) is 4.79 Å². The van der Waals surface area contributed by atoms with Crippen molar-refractivity contribution in [2.75, 3.05) is 33.9 Å². The summed E-state index contributed by atoms with van der Waals surface area (Å²) in [4.78, 5) is 13.3. The number of carbonyl (C=O) groups is 1. The maximum atomic E-state index is 11.1. The molecule has 20 heavy (non-hydrogen) atoms. The van der Waals surface area contributed by atoms with Crippen LogP contribution in [0.4, 0.5) is 0 Å². The molecule has 0 aromatic carbocycles. The maximum Gasteiger partial charge on any atom is 0.131 e. The largest absolute Gasteiger partial charge is 0.391 e. The number of methoxy groups -OCH3 is 2. The molecule has 5 heteroatoms. The Kier molecular flexibility index (Phi) is 5.55. The van der Waals surface area contributed by atoms with Crippen molar-refractivity contribution in [3.63, 3.8) is 0 Å². The van der Waals surface area contributed by atoms with Crippen LogP contribution in [0.1, 0.15) is 26.2 Å². The predicted molar refractivity (Wildman–Crippen MR) is 75.6 cm³/mol. The lowest BCUT2D eigenvalue weighted by Crippen LogP contribution is -2.55. The molecule has 5 atom stereocenters. The summed E-state index contributed by atoms with van der Waals surface area (Å²) in [6, 6.07) is 0. The maximum absolute atomic E-state index is 11.1. The van der Waals surface area contributed by atoms with E-state index in [1.54, 1.807) is 21.1 Å². The first-order valence-electron chi connectivity index (χ1n) is 7.50. The summed E-state index contributed by atoms with van der Waals surface area (Å²) in [7, 11) is 3.44. The van der Waals surface area contributed by atoms with Gasteiger partial charge in [0.2, 0.25) is 0 Å². The van der Waals surface area contributed by atoms with Gasteiger partial charge in [0.05, 0.1) is 18.3 Å². The van der Waals surface area contributed by atoms with Crippen LogP contribution >= 0.6 is 0 Å². The van der Waals surface area contributed by atoms with Crippen molar-refractivity contribution >= 4 is 5.78 Å². The summed E-state index contributed by atoms with van der Waals surface area (Å²) in [5.74, 6) is 0.932. The lowest BCUT2D eigenvalue weighted by atomic mass is 9.71. The van der Waals surface area contributed by atoms with Crippen molar-refractivity contribution in [1.29, 1.82) is 0 Å². The van der Waals surface area contributed by atoms with Gasteiger partial charge in [0.25, 0.3) is 0 Å². The lowest BCUT2D eigenvalue weighted by molar-refractivity contribution is -0.130. The molecule has 116 valence electrons. The third-order valence-electron chi connectivity index (χ3n) is 4.88. The summed E-state index contributed by atoms with van der Waals surface area (Å²) < 4.78 is 11.0. The zero-order valence-corrected chi connectivity index (χ0v) is 12.7. The van der Waals surface area contributed by atoms with E-state index < -0.39 is 0 Å².